The van der Waals surface area contributed by atoms with E-state index in [2.05, 4.69) is 9.88 Å². The van der Waals surface area contributed by atoms with Gasteiger partial charge in [-0.1, -0.05) is 23.7 Å². The molecule has 0 aliphatic carbocycles. The van der Waals surface area contributed by atoms with Gasteiger partial charge < -0.3 is 9.47 Å². The van der Waals surface area contributed by atoms with Crippen molar-refractivity contribution in [3.8, 4) is 11.4 Å². The van der Waals surface area contributed by atoms with Crippen molar-refractivity contribution in [1.82, 2.24) is 18.8 Å². The lowest BCUT2D eigenvalue weighted by Crippen LogP contribution is -2.48. The van der Waals surface area contributed by atoms with Crippen LogP contribution >= 0.6 is 11.6 Å². The number of pyridine rings is 1. The summed E-state index contributed by atoms with van der Waals surface area (Å²) in [6, 6.07) is 9.86. The molecule has 0 unspecified atom stereocenters. The Morgan fingerprint density at radius 1 is 1.11 bits per heavy atom. The highest BCUT2D eigenvalue weighted by Gasteiger charge is 2.25. The highest BCUT2D eigenvalue weighted by atomic mass is 35.5. The fraction of sp³-hybridized carbons (Fsp3) is 0.333. The van der Waals surface area contributed by atoms with Gasteiger partial charge in [-0.15, -0.1) is 0 Å². The number of rotatable bonds is 3. The lowest BCUT2D eigenvalue weighted by atomic mass is 10.2. The predicted molar refractivity (Wildman–Crippen MR) is 108 cm³/mol. The Labute approximate surface area is 163 Å². The van der Waals surface area contributed by atoms with Gasteiger partial charge in [-0.2, -0.15) is 4.31 Å². The number of aromatic nitrogens is 3. The van der Waals surface area contributed by atoms with Crippen LogP contribution in [0.1, 0.15) is 0 Å². The molecule has 0 atom stereocenters. The molecule has 3 aromatic rings. The van der Waals surface area contributed by atoms with Crippen LogP contribution in [0.3, 0.4) is 0 Å². The second-order valence-corrected chi connectivity index (χ2v) is 9.04. The van der Waals surface area contributed by atoms with Gasteiger partial charge in [-0.3, -0.25) is 0 Å². The van der Waals surface area contributed by atoms with E-state index in [-0.39, 0.29) is 0 Å². The average molecular weight is 406 g/mol. The number of benzene rings is 1. The Morgan fingerprint density at radius 2 is 1.81 bits per heavy atom. The van der Waals surface area contributed by atoms with E-state index in [0.717, 1.165) is 28.2 Å². The third-order valence-corrected chi connectivity index (χ3v) is 6.50. The molecule has 4 rings (SSSR count). The third kappa shape index (κ3) is 3.40. The Balaban J connectivity index is 1.67. The van der Waals surface area contributed by atoms with E-state index in [9.17, 15) is 8.42 Å². The first-order valence-corrected chi connectivity index (χ1v) is 10.8. The molecule has 142 valence electrons. The first-order chi connectivity index (χ1) is 12.8. The topological polar surface area (TPSA) is 71.3 Å². The molecule has 3 heterocycles. The number of hydrogen-bond donors (Lipinski definition) is 0. The van der Waals surface area contributed by atoms with Crippen molar-refractivity contribution in [2.75, 3.05) is 37.3 Å². The Morgan fingerprint density at radius 3 is 2.48 bits per heavy atom. The van der Waals surface area contributed by atoms with Gasteiger partial charge in [0.1, 0.15) is 11.6 Å². The van der Waals surface area contributed by atoms with Crippen molar-refractivity contribution < 1.29 is 8.42 Å². The number of halogens is 1. The molecule has 2 aromatic heterocycles. The molecule has 1 saturated heterocycles. The van der Waals surface area contributed by atoms with Crippen LogP contribution in [0.25, 0.3) is 22.4 Å². The van der Waals surface area contributed by atoms with Crippen molar-refractivity contribution >= 4 is 38.5 Å². The number of sulfonamides is 1. The molecule has 0 spiro atoms. The van der Waals surface area contributed by atoms with Crippen LogP contribution in [0, 0.1) is 0 Å². The van der Waals surface area contributed by atoms with Gasteiger partial charge in [0.25, 0.3) is 0 Å². The maximum absolute atomic E-state index is 11.7. The van der Waals surface area contributed by atoms with Crippen molar-refractivity contribution in [3.05, 3.63) is 41.6 Å². The number of anilines is 1. The van der Waals surface area contributed by atoms with Gasteiger partial charge in [0.2, 0.25) is 10.0 Å². The summed E-state index contributed by atoms with van der Waals surface area (Å²) in [5, 5.41) is 0.534. The van der Waals surface area contributed by atoms with Gasteiger partial charge in [0.05, 0.1) is 22.3 Å². The minimum atomic E-state index is -3.16. The maximum atomic E-state index is 11.7. The molecule has 0 radical (unpaired) electrons. The highest BCUT2D eigenvalue weighted by molar-refractivity contribution is 7.88. The Hall–Kier alpha value is -2.16. The summed E-state index contributed by atoms with van der Waals surface area (Å²) < 4.78 is 26.9. The molecule has 1 aromatic carbocycles. The summed E-state index contributed by atoms with van der Waals surface area (Å²) in [6.45, 7) is 2.07. The number of aryl methyl sites for hydroxylation is 1. The average Bonchev–Trinajstić information content (AvgIpc) is 2.98. The largest absolute Gasteiger partial charge is 0.354 e. The van der Waals surface area contributed by atoms with Crippen molar-refractivity contribution in [2.45, 2.75) is 0 Å². The number of piperazine rings is 1. The van der Waals surface area contributed by atoms with Gasteiger partial charge in [0, 0.05) is 45.0 Å². The van der Waals surface area contributed by atoms with E-state index in [1.807, 2.05) is 41.9 Å². The van der Waals surface area contributed by atoms with E-state index in [4.69, 9.17) is 16.6 Å². The minimum absolute atomic E-state index is 0.449. The number of hydrogen-bond acceptors (Lipinski definition) is 5. The minimum Gasteiger partial charge on any atom is -0.354 e. The molecule has 27 heavy (non-hydrogen) atoms. The van der Waals surface area contributed by atoms with Crippen LogP contribution in [0.4, 0.5) is 5.82 Å². The monoisotopic (exact) mass is 405 g/mol. The standard InChI is InChI=1S/C18H20ClN5O2S/c1-22-16-6-4-3-5-15(16)21-18(22)13-11-17(20-12-14(13)19)23-7-9-24(10-8-23)27(2,25)26/h3-6,11-12H,7-10H2,1-2H3. The van der Waals surface area contributed by atoms with Gasteiger partial charge >= 0.3 is 0 Å². The predicted octanol–water partition coefficient (Wildman–Crippen LogP) is 2.37. The van der Waals surface area contributed by atoms with Crippen molar-refractivity contribution in [1.29, 1.82) is 0 Å². The molecule has 0 N–H and O–H groups in total. The lowest BCUT2D eigenvalue weighted by Gasteiger charge is -2.34. The quantitative estimate of drug-likeness (QED) is 0.669. The van der Waals surface area contributed by atoms with Crippen LogP contribution in [0.15, 0.2) is 36.5 Å². The number of fused-ring (bicyclic) bond motifs is 1. The number of para-hydroxylation sites is 2. The molecular formula is C18H20ClN5O2S. The second kappa shape index (κ2) is 6.78. The van der Waals surface area contributed by atoms with Gasteiger partial charge in [-0.25, -0.2) is 18.4 Å². The molecule has 0 bridgehead atoms. The third-order valence-electron chi connectivity index (χ3n) is 4.90. The first-order valence-electron chi connectivity index (χ1n) is 8.62. The van der Waals surface area contributed by atoms with E-state index in [0.29, 0.717) is 31.2 Å². The lowest BCUT2D eigenvalue weighted by molar-refractivity contribution is 0.387. The summed E-state index contributed by atoms with van der Waals surface area (Å²) in [5.74, 6) is 1.55. The summed E-state index contributed by atoms with van der Waals surface area (Å²) in [5.41, 5.74) is 2.75. The number of nitrogens with zero attached hydrogens (tertiary/aromatic N) is 5. The van der Waals surface area contributed by atoms with Crippen LogP contribution < -0.4 is 4.90 Å². The molecule has 9 heteroatoms. The van der Waals surface area contributed by atoms with Crippen molar-refractivity contribution in [3.63, 3.8) is 0 Å². The van der Waals surface area contributed by atoms with Crippen LogP contribution in [-0.4, -0.2) is 59.7 Å². The summed E-state index contributed by atoms with van der Waals surface area (Å²) >= 11 is 6.43. The van der Waals surface area contributed by atoms with Gasteiger partial charge in [0.15, 0.2) is 0 Å². The van der Waals surface area contributed by atoms with E-state index in [1.165, 1.54) is 10.6 Å². The Kier molecular flexibility index (Phi) is 4.57. The van der Waals surface area contributed by atoms with Crippen LogP contribution in [0.5, 0.6) is 0 Å². The zero-order chi connectivity index (χ0) is 19.2. The molecule has 1 aliphatic rings. The van der Waals surface area contributed by atoms with Crippen LogP contribution in [0.2, 0.25) is 5.02 Å². The normalized spacial score (nSPS) is 16.2. The fourth-order valence-electron chi connectivity index (χ4n) is 3.41. The van der Waals surface area contributed by atoms with Crippen LogP contribution in [-0.2, 0) is 17.1 Å². The Bertz CT molecular complexity index is 1100. The zero-order valence-corrected chi connectivity index (χ0v) is 16.7. The molecular weight excluding hydrogens is 386 g/mol. The molecule has 0 amide bonds. The zero-order valence-electron chi connectivity index (χ0n) is 15.1. The summed E-state index contributed by atoms with van der Waals surface area (Å²) in [6.07, 6.45) is 2.88. The fourth-order valence-corrected chi connectivity index (χ4v) is 4.42. The molecule has 1 aliphatic heterocycles. The van der Waals surface area contributed by atoms with Crippen molar-refractivity contribution in [2.24, 2.45) is 7.05 Å². The van der Waals surface area contributed by atoms with Gasteiger partial charge in [-0.05, 0) is 18.2 Å². The number of imidazole rings is 1. The maximum Gasteiger partial charge on any atom is 0.211 e. The molecule has 0 saturated carbocycles. The van der Waals surface area contributed by atoms with E-state index >= 15 is 0 Å². The molecule has 7 nitrogen and oxygen atoms in total. The van der Waals surface area contributed by atoms with E-state index in [1.54, 1.807) is 6.20 Å². The summed E-state index contributed by atoms with van der Waals surface area (Å²) in [4.78, 5) is 11.2. The second-order valence-electron chi connectivity index (χ2n) is 6.65. The summed E-state index contributed by atoms with van der Waals surface area (Å²) in [7, 11) is -1.19. The smallest absolute Gasteiger partial charge is 0.211 e. The highest BCUT2D eigenvalue weighted by Crippen LogP contribution is 2.32. The molecule has 1 fully saturated rings. The van der Waals surface area contributed by atoms with E-state index < -0.39 is 10.0 Å². The first kappa shape index (κ1) is 18.2. The SMILES string of the molecule is Cn1c(-c2cc(N3CCN(S(C)(=O)=O)CC3)ncc2Cl)nc2ccccc21.